The van der Waals surface area contributed by atoms with Gasteiger partial charge in [0.25, 0.3) is 0 Å². The molecular formula is C11H13N3O2. The zero-order valence-corrected chi connectivity index (χ0v) is 8.93. The second kappa shape index (κ2) is 4.65. The zero-order valence-electron chi connectivity index (χ0n) is 8.93. The zero-order chi connectivity index (χ0) is 11.4. The first-order valence-corrected chi connectivity index (χ1v) is 5.00. The Morgan fingerprint density at radius 1 is 1.50 bits per heavy atom. The molecule has 2 N–H and O–H groups in total. The van der Waals surface area contributed by atoms with Gasteiger partial charge in [-0.05, 0) is 5.56 Å². The van der Waals surface area contributed by atoms with E-state index in [1.54, 1.807) is 0 Å². The van der Waals surface area contributed by atoms with E-state index >= 15 is 0 Å². The number of nitrogens with zero attached hydrogens (tertiary/aromatic N) is 1. The van der Waals surface area contributed by atoms with Gasteiger partial charge in [-0.1, -0.05) is 30.3 Å². The van der Waals surface area contributed by atoms with Gasteiger partial charge in [0.1, 0.15) is 0 Å². The normalized spacial score (nSPS) is 18.6. The summed E-state index contributed by atoms with van der Waals surface area (Å²) < 4.78 is 4.48. The van der Waals surface area contributed by atoms with Crippen LogP contribution < -0.4 is 10.6 Å². The van der Waals surface area contributed by atoms with Gasteiger partial charge in [-0.25, -0.2) is 4.79 Å². The monoisotopic (exact) mass is 219 g/mol. The van der Waals surface area contributed by atoms with E-state index in [2.05, 4.69) is 20.4 Å². The van der Waals surface area contributed by atoms with Crippen LogP contribution in [0.2, 0.25) is 0 Å². The highest BCUT2D eigenvalue weighted by atomic mass is 16.5. The smallest absolute Gasteiger partial charge is 0.413 e. The molecule has 84 valence electrons. The first-order valence-electron chi connectivity index (χ1n) is 5.00. The molecule has 5 heteroatoms. The maximum Gasteiger partial charge on any atom is 0.413 e. The molecule has 0 spiro atoms. The van der Waals surface area contributed by atoms with E-state index in [4.69, 9.17) is 0 Å². The van der Waals surface area contributed by atoms with Gasteiger partial charge in [-0.3, -0.25) is 10.3 Å². The number of rotatable bonds is 1. The fourth-order valence-corrected chi connectivity index (χ4v) is 1.54. The van der Waals surface area contributed by atoms with Crippen LogP contribution in [-0.2, 0) is 4.74 Å². The lowest BCUT2D eigenvalue weighted by Gasteiger charge is -2.11. The third-order valence-electron chi connectivity index (χ3n) is 2.35. The van der Waals surface area contributed by atoms with Crippen LogP contribution >= 0.6 is 0 Å². The number of hydrogen-bond acceptors (Lipinski definition) is 4. The lowest BCUT2D eigenvalue weighted by atomic mass is 10.1. The fraction of sp³-hybridized carbons (Fsp3) is 0.273. The number of amides is 1. The molecule has 1 amide bonds. The molecule has 1 aromatic carbocycles. The standard InChI is InChI=1S/C11H13N3O2/c1-16-11(15)14-10-12-7-9(13-10)8-5-3-2-4-6-8/h2-6,9H,7H2,1H3,(H2,12,13,14,15). The van der Waals surface area contributed by atoms with Crippen molar-refractivity contribution in [2.45, 2.75) is 6.04 Å². The Kier molecular flexibility index (Phi) is 3.05. The summed E-state index contributed by atoms with van der Waals surface area (Å²) in [5.41, 5.74) is 1.15. The highest BCUT2D eigenvalue weighted by Crippen LogP contribution is 2.15. The molecule has 1 aliphatic heterocycles. The highest BCUT2D eigenvalue weighted by Gasteiger charge is 2.20. The van der Waals surface area contributed by atoms with Crippen LogP contribution in [0.3, 0.4) is 0 Å². The Hall–Kier alpha value is -2.04. The molecule has 1 unspecified atom stereocenters. The Morgan fingerprint density at radius 3 is 2.94 bits per heavy atom. The quantitative estimate of drug-likeness (QED) is 0.742. The molecule has 1 atom stereocenters. The van der Waals surface area contributed by atoms with Crippen molar-refractivity contribution in [1.82, 2.24) is 10.6 Å². The number of aliphatic imine (C=N–C) groups is 1. The van der Waals surface area contributed by atoms with Crippen molar-refractivity contribution in [2.75, 3.05) is 13.7 Å². The van der Waals surface area contributed by atoms with Crippen molar-refractivity contribution in [2.24, 2.45) is 4.99 Å². The van der Waals surface area contributed by atoms with Gasteiger partial charge in [-0.2, -0.15) is 0 Å². The third-order valence-corrected chi connectivity index (χ3v) is 2.35. The predicted octanol–water partition coefficient (Wildman–Crippen LogP) is 1.04. The lowest BCUT2D eigenvalue weighted by Crippen LogP contribution is -2.39. The average Bonchev–Trinajstić information content (AvgIpc) is 2.78. The molecule has 0 bridgehead atoms. The minimum Gasteiger partial charge on any atom is -0.453 e. The molecule has 0 aliphatic carbocycles. The van der Waals surface area contributed by atoms with Crippen LogP contribution in [0.15, 0.2) is 35.3 Å². The van der Waals surface area contributed by atoms with Gasteiger partial charge in [0.2, 0.25) is 5.96 Å². The van der Waals surface area contributed by atoms with Crippen LogP contribution in [0, 0.1) is 0 Å². The summed E-state index contributed by atoms with van der Waals surface area (Å²) in [6.07, 6.45) is -0.514. The van der Waals surface area contributed by atoms with Crippen LogP contribution in [-0.4, -0.2) is 25.7 Å². The SMILES string of the molecule is COC(=O)NC1=NCC(c2ccccc2)N1. The number of guanidine groups is 1. The summed E-state index contributed by atoms with van der Waals surface area (Å²) >= 11 is 0. The number of carbonyl (C=O) groups is 1. The number of hydrogen-bond donors (Lipinski definition) is 2. The number of methoxy groups -OCH3 is 1. The predicted molar refractivity (Wildman–Crippen MR) is 60.2 cm³/mol. The van der Waals surface area contributed by atoms with Gasteiger partial charge in [0, 0.05) is 0 Å². The lowest BCUT2D eigenvalue weighted by molar-refractivity contribution is 0.176. The molecule has 2 rings (SSSR count). The van der Waals surface area contributed by atoms with Gasteiger partial charge in [0.15, 0.2) is 0 Å². The van der Waals surface area contributed by atoms with E-state index in [0.717, 1.165) is 5.56 Å². The maximum atomic E-state index is 11.0. The summed E-state index contributed by atoms with van der Waals surface area (Å²) in [5.74, 6) is 0.459. The Labute approximate surface area is 93.5 Å². The van der Waals surface area contributed by atoms with Gasteiger partial charge in [0.05, 0.1) is 19.7 Å². The molecule has 1 aliphatic rings. The second-order valence-corrected chi connectivity index (χ2v) is 3.41. The number of alkyl carbamates (subject to hydrolysis) is 1. The highest BCUT2D eigenvalue weighted by molar-refractivity contribution is 5.94. The number of ether oxygens (including phenoxy) is 1. The largest absolute Gasteiger partial charge is 0.453 e. The second-order valence-electron chi connectivity index (χ2n) is 3.41. The molecular weight excluding hydrogens is 206 g/mol. The van der Waals surface area contributed by atoms with Crippen molar-refractivity contribution in [3.8, 4) is 0 Å². The van der Waals surface area contributed by atoms with Crippen molar-refractivity contribution in [1.29, 1.82) is 0 Å². The fourth-order valence-electron chi connectivity index (χ4n) is 1.54. The minimum absolute atomic E-state index is 0.119. The molecule has 1 heterocycles. The summed E-state index contributed by atoms with van der Waals surface area (Å²) in [6.45, 7) is 0.614. The summed E-state index contributed by atoms with van der Waals surface area (Å²) in [6, 6.07) is 10.1. The first-order chi connectivity index (χ1) is 7.79. The average molecular weight is 219 g/mol. The van der Waals surface area contributed by atoms with E-state index in [-0.39, 0.29) is 6.04 Å². The summed E-state index contributed by atoms with van der Waals surface area (Å²) in [5, 5.41) is 5.62. The van der Waals surface area contributed by atoms with Gasteiger partial charge >= 0.3 is 6.09 Å². The van der Waals surface area contributed by atoms with Crippen LogP contribution in [0.1, 0.15) is 11.6 Å². The van der Waals surface area contributed by atoms with Gasteiger partial charge < -0.3 is 10.1 Å². The van der Waals surface area contributed by atoms with Crippen molar-refractivity contribution < 1.29 is 9.53 Å². The van der Waals surface area contributed by atoms with Crippen LogP contribution in [0.25, 0.3) is 0 Å². The Balaban J connectivity index is 1.94. The van der Waals surface area contributed by atoms with Crippen LogP contribution in [0.5, 0.6) is 0 Å². The molecule has 0 saturated heterocycles. The Morgan fingerprint density at radius 2 is 2.25 bits per heavy atom. The molecule has 0 radical (unpaired) electrons. The number of nitrogens with one attached hydrogen (secondary N) is 2. The molecule has 0 fully saturated rings. The Bertz CT molecular complexity index is 403. The molecule has 1 aromatic rings. The van der Waals surface area contributed by atoms with Crippen molar-refractivity contribution >= 4 is 12.1 Å². The summed E-state index contributed by atoms with van der Waals surface area (Å²) in [7, 11) is 1.32. The van der Waals surface area contributed by atoms with E-state index in [1.165, 1.54) is 7.11 Å². The summed E-state index contributed by atoms with van der Waals surface area (Å²) in [4.78, 5) is 15.1. The van der Waals surface area contributed by atoms with E-state index in [0.29, 0.717) is 12.5 Å². The third kappa shape index (κ3) is 2.31. The van der Waals surface area contributed by atoms with Crippen molar-refractivity contribution in [3.05, 3.63) is 35.9 Å². The minimum atomic E-state index is -0.514. The topological polar surface area (TPSA) is 62.7 Å². The number of carbonyl (C=O) groups excluding carboxylic acids is 1. The molecule has 16 heavy (non-hydrogen) atoms. The van der Waals surface area contributed by atoms with E-state index in [9.17, 15) is 4.79 Å². The van der Waals surface area contributed by atoms with E-state index in [1.807, 2.05) is 30.3 Å². The molecule has 0 saturated carbocycles. The molecule has 5 nitrogen and oxygen atoms in total. The first kappa shape index (κ1) is 10.5. The number of benzene rings is 1. The van der Waals surface area contributed by atoms with E-state index < -0.39 is 6.09 Å². The van der Waals surface area contributed by atoms with Crippen molar-refractivity contribution in [3.63, 3.8) is 0 Å². The maximum absolute atomic E-state index is 11.0. The van der Waals surface area contributed by atoms with Crippen LogP contribution in [0.4, 0.5) is 4.79 Å². The molecule has 0 aromatic heterocycles. The van der Waals surface area contributed by atoms with Gasteiger partial charge in [-0.15, -0.1) is 0 Å².